The first-order valence-electron chi connectivity index (χ1n) is 8.93. The molecule has 130 valence electrons. The Kier molecular flexibility index (Phi) is 4.20. The summed E-state index contributed by atoms with van der Waals surface area (Å²) in [6, 6.07) is 12.3. The van der Waals surface area contributed by atoms with Crippen molar-refractivity contribution in [3.8, 4) is 11.5 Å². The Morgan fingerprint density at radius 2 is 1.92 bits per heavy atom. The normalized spacial score (nSPS) is 24.3. The molecule has 2 fully saturated rings. The Labute approximate surface area is 147 Å². The fraction of sp³-hybridized carbons (Fsp3) is 0.381. The van der Waals surface area contributed by atoms with Crippen LogP contribution >= 0.6 is 0 Å². The van der Waals surface area contributed by atoms with Gasteiger partial charge in [-0.05, 0) is 72.9 Å². The molecule has 0 aliphatic heterocycles. The van der Waals surface area contributed by atoms with Gasteiger partial charge in [-0.15, -0.1) is 0 Å². The summed E-state index contributed by atoms with van der Waals surface area (Å²) < 4.78 is 19.8. The van der Waals surface area contributed by atoms with Gasteiger partial charge >= 0.3 is 0 Å². The van der Waals surface area contributed by atoms with E-state index >= 15 is 0 Å². The number of hydrogen-bond donors (Lipinski definition) is 1. The number of hydrogen-bond acceptors (Lipinski definition) is 2. The number of fused-ring (bicyclic) bond motifs is 2. The van der Waals surface area contributed by atoms with Crippen LogP contribution in [0, 0.1) is 17.7 Å². The SMILES string of the molecule is CNC(=O)c1ccc(Oc2ccc(C3CC4CCC3C4)cc2)c(F)c1. The second-order valence-corrected chi connectivity index (χ2v) is 7.18. The van der Waals surface area contributed by atoms with E-state index < -0.39 is 5.82 Å². The van der Waals surface area contributed by atoms with Crippen molar-refractivity contribution < 1.29 is 13.9 Å². The maximum atomic E-state index is 14.2. The molecule has 2 aromatic carbocycles. The molecule has 1 N–H and O–H groups in total. The predicted octanol–water partition coefficient (Wildman–Crippen LogP) is 4.88. The smallest absolute Gasteiger partial charge is 0.251 e. The fourth-order valence-corrected chi connectivity index (χ4v) is 4.43. The average molecular weight is 339 g/mol. The molecule has 0 aromatic heterocycles. The summed E-state index contributed by atoms with van der Waals surface area (Å²) in [4.78, 5) is 11.5. The van der Waals surface area contributed by atoms with Crippen LogP contribution in [0.15, 0.2) is 42.5 Å². The molecular formula is C21H22FNO2. The van der Waals surface area contributed by atoms with Crippen LogP contribution in [-0.4, -0.2) is 13.0 Å². The van der Waals surface area contributed by atoms with Crippen LogP contribution in [0.2, 0.25) is 0 Å². The van der Waals surface area contributed by atoms with Crippen LogP contribution in [-0.2, 0) is 0 Å². The minimum absolute atomic E-state index is 0.125. The van der Waals surface area contributed by atoms with E-state index in [0.29, 0.717) is 11.7 Å². The van der Waals surface area contributed by atoms with Crippen molar-refractivity contribution in [1.29, 1.82) is 0 Å². The van der Waals surface area contributed by atoms with Gasteiger partial charge in [-0.2, -0.15) is 0 Å². The van der Waals surface area contributed by atoms with Gasteiger partial charge in [0.25, 0.3) is 5.91 Å². The second kappa shape index (κ2) is 6.51. The molecule has 25 heavy (non-hydrogen) atoms. The first kappa shape index (κ1) is 16.1. The Morgan fingerprint density at radius 3 is 2.52 bits per heavy atom. The van der Waals surface area contributed by atoms with Crippen molar-refractivity contribution in [1.82, 2.24) is 5.32 Å². The van der Waals surface area contributed by atoms with E-state index in [0.717, 1.165) is 11.8 Å². The quantitative estimate of drug-likeness (QED) is 0.862. The topological polar surface area (TPSA) is 38.3 Å². The Morgan fingerprint density at radius 1 is 1.12 bits per heavy atom. The van der Waals surface area contributed by atoms with E-state index in [4.69, 9.17) is 4.74 Å². The molecule has 3 atom stereocenters. The van der Waals surface area contributed by atoms with E-state index in [9.17, 15) is 9.18 Å². The van der Waals surface area contributed by atoms with Crippen LogP contribution in [0.3, 0.4) is 0 Å². The standard InChI is InChI=1S/C21H22FNO2/c1-23-21(24)16-6-9-20(19(22)12-16)25-17-7-4-14(5-8-17)18-11-13-2-3-15(18)10-13/h4-9,12-13,15,18H,2-3,10-11H2,1H3,(H,23,24). The number of amides is 1. The molecule has 4 rings (SSSR count). The summed E-state index contributed by atoms with van der Waals surface area (Å²) in [7, 11) is 1.52. The first-order chi connectivity index (χ1) is 12.1. The van der Waals surface area contributed by atoms with Gasteiger partial charge in [0.1, 0.15) is 5.75 Å². The molecule has 0 saturated heterocycles. The van der Waals surface area contributed by atoms with Gasteiger partial charge in [0.15, 0.2) is 11.6 Å². The highest BCUT2D eigenvalue weighted by molar-refractivity contribution is 5.94. The van der Waals surface area contributed by atoms with E-state index in [1.54, 1.807) is 6.07 Å². The fourth-order valence-electron chi connectivity index (χ4n) is 4.43. The zero-order chi connectivity index (χ0) is 17.4. The first-order valence-corrected chi connectivity index (χ1v) is 8.93. The Bertz CT molecular complexity index is 787. The van der Waals surface area contributed by atoms with Crippen LogP contribution in [0.5, 0.6) is 11.5 Å². The third-order valence-electron chi connectivity index (χ3n) is 5.70. The Hall–Kier alpha value is -2.36. The lowest BCUT2D eigenvalue weighted by Gasteiger charge is -2.22. The number of benzene rings is 2. The summed E-state index contributed by atoms with van der Waals surface area (Å²) in [6.07, 6.45) is 5.44. The van der Waals surface area contributed by atoms with Crippen LogP contribution in [0.25, 0.3) is 0 Å². The van der Waals surface area contributed by atoms with E-state index in [2.05, 4.69) is 17.4 Å². The summed E-state index contributed by atoms with van der Waals surface area (Å²) in [5.41, 5.74) is 1.65. The molecule has 3 nitrogen and oxygen atoms in total. The molecule has 4 heteroatoms. The minimum atomic E-state index is -0.543. The lowest BCUT2D eigenvalue weighted by atomic mass is 9.83. The van der Waals surface area contributed by atoms with Gasteiger partial charge in [-0.3, -0.25) is 4.79 Å². The van der Waals surface area contributed by atoms with Crippen molar-refractivity contribution in [3.05, 3.63) is 59.4 Å². The van der Waals surface area contributed by atoms with Crippen LogP contribution < -0.4 is 10.1 Å². The molecular weight excluding hydrogens is 317 g/mol. The van der Waals surface area contributed by atoms with Crippen molar-refractivity contribution in [2.45, 2.75) is 31.6 Å². The molecule has 2 bridgehead atoms. The van der Waals surface area contributed by atoms with Gasteiger partial charge in [-0.1, -0.05) is 18.6 Å². The molecule has 2 aliphatic rings. The largest absolute Gasteiger partial charge is 0.454 e. The van der Waals surface area contributed by atoms with E-state index in [-0.39, 0.29) is 17.2 Å². The monoisotopic (exact) mass is 339 g/mol. The van der Waals surface area contributed by atoms with Crippen molar-refractivity contribution in [2.24, 2.45) is 11.8 Å². The molecule has 2 aliphatic carbocycles. The van der Waals surface area contributed by atoms with Crippen LogP contribution in [0.1, 0.15) is 47.5 Å². The lowest BCUT2D eigenvalue weighted by Crippen LogP contribution is -2.17. The third-order valence-corrected chi connectivity index (χ3v) is 5.70. The number of carbonyl (C=O) groups excluding carboxylic acids is 1. The van der Waals surface area contributed by atoms with E-state index in [1.807, 2.05) is 12.1 Å². The maximum absolute atomic E-state index is 14.2. The van der Waals surface area contributed by atoms with Gasteiger partial charge < -0.3 is 10.1 Å². The zero-order valence-electron chi connectivity index (χ0n) is 14.3. The number of nitrogens with one attached hydrogen (secondary N) is 1. The highest BCUT2D eigenvalue weighted by Crippen LogP contribution is 2.52. The molecule has 2 saturated carbocycles. The van der Waals surface area contributed by atoms with Gasteiger partial charge in [0, 0.05) is 12.6 Å². The molecule has 0 radical (unpaired) electrons. The van der Waals surface area contributed by atoms with Crippen molar-refractivity contribution in [3.63, 3.8) is 0 Å². The van der Waals surface area contributed by atoms with Gasteiger partial charge in [0.05, 0.1) is 0 Å². The van der Waals surface area contributed by atoms with Gasteiger partial charge in [0.2, 0.25) is 0 Å². The number of ether oxygens (including phenoxy) is 1. The third kappa shape index (κ3) is 3.13. The maximum Gasteiger partial charge on any atom is 0.251 e. The summed E-state index contributed by atoms with van der Waals surface area (Å²) in [5, 5.41) is 2.48. The van der Waals surface area contributed by atoms with E-state index in [1.165, 1.54) is 50.4 Å². The van der Waals surface area contributed by atoms with Gasteiger partial charge in [-0.25, -0.2) is 4.39 Å². The predicted molar refractivity (Wildman–Crippen MR) is 94.5 cm³/mol. The summed E-state index contributed by atoms with van der Waals surface area (Å²) >= 11 is 0. The molecule has 3 unspecified atom stereocenters. The number of carbonyl (C=O) groups is 1. The number of rotatable bonds is 4. The van der Waals surface area contributed by atoms with Crippen molar-refractivity contribution in [2.75, 3.05) is 7.05 Å². The summed E-state index contributed by atoms with van der Waals surface area (Å²) in [6.45, 7) is 0. The lowest BCUT2D eigenvalue weighted by molar-refractivity contribution is 0.0962. The average Bonchev–Trinajstić information content (AvgIpc) is 3.27. The minimum Gasteiger partial charge on any atom is -0.454 e. The summed E-state index contributed by atoms with van der Waals surface area (Å²) in [5.74, 6) is 2.31. The highest BCUT2D eigenvalue weighted by Gasteiger charge is 2.39. The molecule has 2 aromatic rings. The molecule has 0 heterocycles. The molecule has 0 spiro atoms. The van der Waals surface area contributed by atoms with Crippen LogP contribution in [0.4, 0.5) is 4.39 Å². The zero-order valence-corrected chi connectivity index (χ0v) is 14.3. The molecule has 1 amide bonds. The van der Waals surface area contributed by atoms with Crippen molar-refractivity contribution >= 4 is 5.91 Å². The second-order valence-electron chi connectivity index (χ2n) is 7.18. The Balaban J connectivity index is 1.47. The number of halogens is 1. The highest BCUT2D eigenvalue weighted by atomic mass is 19.1.